The quantitative estimate of drug-likeness (QED) is 0.787. The molecule has 0 aromatic heterocycles. The molecule has 0 radical (unpaired) electrons. The van der Waals surface area contributed by atoms with Crippen LogP contribution in [0.3, 0.4) is 0 Å². The second-order valence-electron chi connectivity index (χ2n) is 4.36. The lowest BCUT2D eigenvalue weighted by Gasteiger charge is -2.28. The van der Waals surface area contributed by atoms with Crippen LogP contribution in [0.4, 0.5) is 0 Å². The van der Waals surface area contributed by atoms with Gasteiger partial charge < -0.3 is 14.2 Å². The molecule has 2 atom stereocenters. The summed E-state index contributed by atoms with van der Waals surface area (Å²) in [5.41, 5.74) is 2.14. The number of rotatable bonds is 4. The summed E-state index contributed by atoms with van der Waals surface area (Å²) in [6.45, 7) is 6.42. The Kier molecular flexibility index (Phi) is 4.87. The number of alkyl halides is 1. The molecule has 0 saturated carbocycles. The third kappa shape index (κ3) is 3.16. The Bertz CT molecular complexity index is 389. The van der Waals surface area contributed by atoms with Crippen molar-refractivity contribution in [1.82, 2.24) is 0 Å². The zero-order valence-corrected chi connectivity index (χ0v) is 11.6. The van der Waals surface area contributed by atoms with E-state index in [2.05, 4.69) is 6.07 Å². The van der Waals surface area contributed by atoms with Crippen LogP contribution >= 0.6 is 11.6 Å². The topological polar surface area (TPSA) is 27.7 Å². The largest absolute Gasteiger partial charge is 0.494 e. The lowest BCUT2D eigenvalue weighted by molar-refractivity contribution is -0.0894. The molecule has 2 rings (SSSR count). The van der Waals surface area contributed by atoms with Crippen LogP contribution < -0.4 is 4.74 Å². The van der Waals surface area contributed by atoms with Crippen LogP contribution in [0.5, 0.6) is 5.75 Å². The molecule has 0 bridgehead atoms. The van der Waals surface area contributed by atoms with Crippen LogP contribution in [0.15, 0.2) is 18.2 Å². The zero-order chi connectivity index (χ0) is 13.0. The van der Waals surface area contributed by atoms with Crippen LogP contribution in [0.2, 0.25) is 0 Å². The molecule has 1 heterocycles. The molecule has 100 valence electrons. The molecule has 1 saturated heterocycles. The first-order valence-electron chi connectivity index (χ1n) is 6.29. The summed E-state index contributed by atoms with van der Waals surface area (Å²) in [5, 5.41) is -0.244. The summed E-state index contributed by atoms with van der Waals surface area (Å²) in [5.74, 6) is 0.831. The first kappa shape index (κ1) is 13.7. The molecular formula is C14H19ClO3. The second kappa shape index (κ2) is 6.41. The minimum Gasteiger partial charge on any atom is -0.494 e. The highest BCUT2D eigenvalue weighted by Crippen LogP contribution is 2.35. The van der Waals surface area contributed by atoms with Gasteiger partial charge in [-0.2, -0.15) is 0 Å². The third-order valence-electron chi connectivity index (χ3n) is 2.93. The van der Waals surface area contributed by atoms with Crippen LogP contribution in [0.1, 0.15) is 23.4 Å². The number of halogens is 1. The van der Waals surface area contributed by atoms with Gasteiger partial charge in [0.05, 0.1) is 31.8 Å². The predicted molar refractivity (Wildman–Crippen MR) is 71.5 cm³/mol. The number of hydrogen-bond acceptors (Lipinski definition) is 3. The monoisotopic (exact) mass is 270 g/mol. The summed E-state index contributed by atoms with van der Waals surface area (Å²) in [6.07, 6.45) is -0.110. The minimum atomic E-state index is -0.244. The van der Waals surface area contributed by atoms with Gasteiger partial charge in [-0.25, -0.2) is 0 Å². The maximum absolute atomic E-state index is 6.51. The molecule has 1 aromatic rings. The van der Waals surface area contributed by atoms with E-state index in [9.17, 15) is 0 Å². The summed E-state index contributed by atoms with van der Waals surface area (Å²) in [4.78, 5) is 0. The van der Waals surface area contributed by atoms with Crippen molar-refractivity contribution >= 4 is 11.6 Å². The van der Waals surface area contributed by atoms with Crippen molar-refractivity contribution in [2.45, 2.75) is 25.3 Å². The average molecular weight is 271 g/mol. The summed E-state index contributed by atoms with van der Waals surface area (Å²) in [6, 6.07) is 6.05. The molecule has 18 heavy (non-hydrogen) atoms. The summed E-state index contributed by atoms with van der Waals surface area (Å²) in [7, 11) is 0. The minimum absolute atomic E-state index is 0.110. The van der Waals surface area contributed by atoms with Gasteiger partial charge in [0.2, 0.25) is 0 Å². The molecule has 4 heteroatoms. The fraction of sp³-hybridized carbons (Fsp3) is 0.571. The first-order valence-corrected chi connectivity index (χ1v) is 6.72. The van der Waals surface area contributed by atoms with E-state index in [-0.39, 0.29) is 11.5 Å². The normalized spacial score (nSPS) is 21.6. The Morgan fingerprint density at radius 3 is 2.94 bits per heavy atom. The Labute approximate surface area is 113 Å². The van der Waals surface area contributed by atoms with Gasteiger partial charge in [0, 0.05) is 5.56 Å². The van der Waals surface area contributed by atoms with E-state index in [0.29, 0.717) is 26.4 Å². The van der Waals surface area contributed by atoms with Crippen molar-refractivity contribution < 1.29 is 14.2 Å². The highest BCUT2D eigenvalue weighted by atomic mass is 35.5. The third-order valence-corrected chi connectivity index (χ3v) is 3.45. The van der Waals surface area contributed by atoms with Gasteiger partial charge in [-0.15, -0.1) is 11.6 Å². The van der Waals surface area contributed by atoms with Gasteiger partial charge in [0.25, 0.3) is 0 Å². The molecular weight excluding hydrogens is 252 g/mol. The number of aryl methyl sites for hydroxylation is 1. The molecule has 0 aliphatic carbocycles. The molecule has 0 spiro atoms. The van der Waals surface area contributed by atoms with E-state index >= 15 is 0 Å². The molecule has 0 N–H and O–H groups in total. The molecule has 2 unspecified atom stereocenters. The molecule has 0 amide bonds. The highest BCUT2D eigenvalue weighted by molar-refractivity contribution is 6.21. The highest BCUT2D eigenvalue weighted by Gasteiger charge is 2.27. The van der Waals surface area contributed by atoms with Crippen molar-refractivity contribution in [2.24, 2.45) is 0 Å². The van der Waals surface area contributed by atoms with Crippen LogP contribution in [0, 0.1) is 6.92 Å². The number of benzene rings is 1. The first-order chi connectivity index (χ1) is 8.72. The maximum Gasteiger partial charge on any atom is 0.124 e. The standard InChI is InChI=1S/C14H19ClO3/c1-3-17-12-5-4-10(2)8-11(12)14(15)13-9-16-6-7-18-13/h4-5,8,13-14H,3,6-7,9H2,1-2H3. The van der Waals surface area contributed by atoms with Gasteiger partial charge in [-0.3, -0.25) is 0 Å². The summed E-state index contributed by atoms with van der Waals surface area (Å²) >= 11 is 6.51. The SMILES string of the molecule is CCOc1ccc(C)cc1C(Cl)C1COCCO1. The van der Waals surface area contributed by atoms with Crippen LogP contribution in [0.25, 0.3) is 0 Å². The lowest BCUT2D eigenvalue weighted by atomic mass is 10.0. The number of hydrogen-bond donors (Lipinski definition) is 0. The van der Waals surface area contributed by atoms with E-state index < -0.39 is 0 Å². The predicted octanol–water partition coefficient (Wildman–Crippen LogP) is 3.09. The Morgan fingerprint density at radius 2 is 2.28 bits per heavy atom. The molecule has 1 aliphatic rings. The lowest BCUT2D eigenvalue weighted by Crippen LogP contribution is -2.32. The second-order valence-corrected chi connectivity index (χ2v) is 4.83. The van der Waals surface area contributed by atoms with Gasteiger partial charge >= 0.3 is 0 Å². The van der Waals surface area contributed by atoms with Crippen molar-refractivity contribution in [3.8, 4) is 5.75 Å². The molecule has 1 aromatic carbocycles. The Balaban J connectivity index is 2.21. The van der Waals surface area contributed by atoms with Gasteiger partial charge in [-0.1, -0.05) is 17.7 Å². The van der Waals surface area contributed by atoms with Crippen molar-refractivity contribution in [2.75, 3.05) is 26.4 Å². The van der Waals surface area contributed by atoms with Gasteiger partial charge in [-0.05, 0) is 19.9 Å². The Morgan fingerprint density at radius 1 is 1.44 bits per heavy atom. The van der Waals surface area contributed by atoms with E-state index in [1.807, 2.05) is 26.0 Å². The zero-order valence-electron chi connectivity index (χ0n) is 10.8. The Hall–Kier alpha value is -0.770. The average Bonchev–Trinajstić information content (AvgIpc) is 2.41. The van der Waals surface area contributed by atoms with Gasteiger partial charge in [0.15, 0.2) is 0 Å². The molecule has 1 aliphatic heterocycles. The van der Waals surface area contributed by atoms with Crippen molar-refractivity contribution in [3.05, 3.63) is 29.3 Å². The fourth-order valence-corrected chi connectivity index (χ4v) is 2.36. The maximum atomic E-state index is 6.51. The summed E-state index contributed by atoms with van der Waals surface area (Å²) < 4.78 is 16.7. The fourth-order valence-electron chi connectivity index (χ4n) is 2.05. The van der Waals surface area contributed by atoms with E-state index in [4.69, 9.17) is 25.8 Å². The number of ether oxygens (including phenoxy) is 3. The van der Waals surface area contributed by atoms with E-state index in [1.165, 1.54) is 0 Å². The van der Waals surface area contributed by atoms with Crippen LogP contribution in [-0.2, 0) is 9.47 Å². The molecule has 1 fully saturated rings. The van der Waals surface area contributed by atoms with Gasteiger partial charge in [0.1, 0.15) is 11.9 Å². The van der Waals surface area contributed by atoms with Crippen molar-refractivity contribution in [3.63, 3.8) is 0 Å². The van der Waals surface area contributed by atoms with Crippen molar-refractivity contribution in [1.29, 1.82) is 0 Å². The smallest absolute Gasteiger partial charge is 0.124 e. The van der Waals surface area contributed by atoms with E-state index in [1.54, 1.807) is 0 Å². The molecule has 3 nitrogen and oxygen atoms in total. The van der Waals surface area contributed by atoms with E-state index in [0.717, 1.165) is 16.9 Å². The van der Waals surface area contributed by atoms with Crippen LogP contribution in [-0.4, -0.2) is 32.5 Å².